The molecule has 0 saturated heterocycles. The third kappa shape index (κ3) is 6.41. The van der Waals surface area contributed by atoms with E-state index in [4.69, 9.17) is 9.84 Å². The fourth-order valence-electron chi connectivity index (χ4n) is 2.30. The molecule has 2 aromatic rings. The number of methoxy groups -OCH3 is 1. The Morgan fingerprint density at radius 3 is 2.69 bits per heavy atom. The van der Waals surface area contributed by atoms with Crippen LogP contribution in [0, 0.1) is 0 Å². The average Bonchev–Trinajstić information content (AvgIpc) is 3.08. The molecule has 2 unspecified atom stereocenters. The summed E-state index contributed by atoms with van der Waals surface area (Å²) in [6.45, 7) is 1.81. The highest BCUT2D eigenvalue weighted by atomic mass is 32.1. The Morgan fingerprint density at radius 2 is 2.04 bits per heavy atom. The molecule has 1 aromatic heterocycles. The molecule has 2 amide bonds. The molecule has 0 aliphatic rings. The minimum Gasteiger partial charge on any atom is -0.481 e. The van der Waals surface area contributed by atoms with Gasteiger partial charge in [0.1, 0.15) is 6.10 Å². The van der Waals surface area contributed by atoms with E-state index >= 15 is 0 Å². The van der Waals surface area contributed by atoms with Crippen molar-refractivity contribution in [3.63, 3.8) is 0 Å². The number of carboxylic acids is 1. The molecular formula is C17H22N4O4S. The lowest BCUT2D eigenvalue weighted by atomic mass is 10.0. The van der Waals surface area contributed by atoms with Gasteiger partial charge in [-0.1, -0.05) is 30.3 Å². The number of carboxylic acid groups (broad SMARTS) is 1. The van der Waals surface area contributed by atoms with Gasteiger partial charge in [0, 0.05) is 31.1 Å². The molecule has 9 heteroatoms. The molecule has 0 radical (unpaired) electrons. The van der Waals surface area contributed by atoms with Crippen molar-refractivity contribution >= 4 is 28.7 Å². The second-order valence-corrected chi connectivity index (χ2v) is 6.51. The molecular weight excluding hydrogens is 356 g/mol. The van der Waals surface area contributed by atoms with Crippen molar-refractivity contribution in [3.8, 4) is 0 Å². The summed E-state index contributed by atoms with van der Waals surface area (Å²) in [5.41, 5.74) is 1.02. The SMILES string of the molecule is COC(C)c1nsc(NC(=O)NC(CCC(=O)O)Cc2ccccc2)n1. The first-order valence-electron chi connectivity index (χ1n) is 8.17. The van der Waals surface area contributed by atoms with Crippen LogP contribution in [0.4, 0.5) is 9.93 Å². The molecule has 2 atom stereocenters. The molecule has 0 bridgehead atoms. The largest absolute Gasteiger partial charge is 0.481 e. The number of anilines is 1. The van der Waals surface area contributed by atoms with Crippen molar-refractivity contribution in [2.24, 2.45) is 0 Å². The standard InChI is InChI=1S/C17H22N4O4S/c1-11(25-2)15-19-17(26-21-15)20-16(24)18-13(8-9-14(22)23)10-12-6-4-3-5-7-12/h3-7,11,13H,8-10H2,1-2H3,(H,22,23)(H2,18,19,20,21,24). The quantitative estimate of drug-likeness (QED) is 0.618. The molecule has 140 valence electrons. The number of hydrogen-bond acceptors (Lipinski definition) is 6. The van der Waals surface area contributed by atoms with Gasteiger partial charge in [-0.05, 0) is 25.3 Å². The first-order valence-corrected chi connectivity index (χ1v) is 8.95. The molecule has 0 aliphatic heterocycles. The zero-order chi connectivity index (χ0) is 18.9. The van der Waals surface area contributed by atoms with Crippen molar-refractivity contribution < 1.29 is 19.4 Å². The second-order valence-electron chi connectivity index (χ2n) is 5.75. The Kier molecular flexibility index (Phi) is 7.49. The molecule has 3 N–H and O–H groups in total. The van der Waals surface area contributed by atoms with Crippen LogP contribution in [0.5, 0.6) is 0 Å². The highest BCUT2D eigenvalue weighted by Gasteiger charge is 2.17. The number of carbonyl (C=O) groups is 2. The van der Waals surface area contributed by atoms with Gasteiger partial charge in [0.15, 0.2) is 5.82 Å². The zero-order valence-electron chi connectivity index (χ0n) is 14.6. The van der Waals surface area contributed by atoms with Crippen molar-refractivity contribution in [1.82, 2.24) is 14.7 Å². The molecule has 0 spiro atoms. The number of ether oxygens (including phenoxy) is 1. The van der Waals surface area contributed by atoms with Gasteiger partial charge >= 0.3 is 12.0 Å². The molecule has 0 fully saturated rings. The predicted molar refractivity (Wildman–Crippen MR) is 98.3 cm³/mol. The van der Waals surface area contributed by atoms with E-state index < -0.39 is 12.0 Å². The summed E-state index contributed by atoms with van der Waals surface area (Å²) in [6, 6.07) is 8.85. The topological polar surface area (TPSA) is 113 Å². The molecule has 1 heterocycles. The summed E-state index contributed by atoms with van der Waals surface area (Å²) < 4.78 is 9.27. The highest BCUT2D eigenvalue weighted by Crippen LogP contribution is 2.18. The number of aromatic nitrogens is 2. The zero-order valence-corrected chi connectivity index (χ0v) is 15.5. The summed E-state index contributed by atoms with van der Waals surface area (Å²) in [4.78, 5) is 27.3. The van der Waals surface area contributed by atoms with Crippen molar-refractivity contribution in [2.45, 2.75) is 38.3 Å². The van der Waals surface area contributed by atoms with E-state index in [9.17, 15) is 9.59 Å². The summed E-state index contributed by atoms with van der Waals surface area (Å²) >= 11 is 1.06. The summed E-state index contributed by atoms with van der Waals surface area (Å²) in [7, 11) is 1.56. The first kappa shape index (κ1) is 19.8. The lowest BCUT2D eigenvalue weighted by molar-refractivity contribution is -0.137. The Labute approximate surface area is 155 Å². The number of amides is 2. The molecule has 8 nitrogen and oxygen atoms in total. The number of benzene rings is 1. The van der Waals surface area contributed by atoms with Crippen LogP contribution in [0.25, 0.3) is 0 Å². The van der Waals surface area contributed by atoms with Gasteiger partial charge in [0.05, 0.1) is 0 Å². The van der Waals surface area contributed by atoms with Crippen molar-refractivity contribution in [2.75, 3.05) is 12.4 Å². The lowest BCUT2D eigenvalue weighted by Gasteiger charge is -2.18. The first-order chi connectivity index (χ1) is 12.5. The lowest BCUT2D eigenvalue weighted by Crippen LogP contribution is -2.39. The van der Waals surface area contributed by atoms with E-state index in [1.54, 1.807) is 7.11 Å². The van der Waals surface area contributed by atoms with Crippen molar-refractivity contribution in [3.05, 3.63) is 41.7 Å². The maximum absolute atomic E-state index is 12.2. The number of urea groups is 1. The Hall–Kier alpha value is -2.52. The molecule has 1 aromatic carbocycles. The van der Waals surface area contributed by atoms with Crippen LogP contribution in [0.2, 0.25) is 0 Å². The van der Waals surface area contributed by atoms with Crippen molar-refractivity contribution in [1.29, 1.82) is 0 Å². The minimum atomic E-state index is -0.896. The number of hydrogen-bond donors (Lipinski definition) is 3. The number of nitrogens with zero attached hydrogens (tertiary/aromatic N) is 2. The summed E-state index contributed by atoms with van der Waals surface area (Å²) in [6.07, 6.45) is 0.598. The van der Waals surface area contributed by atoms with E-state index in [1.165, 1.54) is 0 Å². The van der Waals surface area contributed by atoms with Crippen LogP contribution in [0.3, 0.4) is 0 Å². The third-order valence-corrected chi connectivity index (χ3v) is 4.39. The van der Waals surface area contributed by atoms with Gasteiger partial charge in [-0.15, -0.1) is 0 Å². The smallest absolute Gasteiger partial charge is 0.321 e. The monoisotopic (exact) mass is 378 g/mol. The Bertz CT molecular complexity index is 723. The molecule has 0 aliphatic carbocycles. The molecule has 2 rings (SSSR count). The average molecular weight is 378 g/mol. The maximum Gasteiger partial charge on any atom is 0.321 e. The molecule has 0 saturated carbocycles. The number of nitrogens with one attached hydrogen (secondary N) is 2. The number of aliphatic carboxylic acids is 1. The second kappa shape index (κ2) is 9.83. The summed E-state index contributed by atoms with van der Waals surface area (Å²) in [5, 5.41) is 14.7. The van der Waals surface area contributed by atoms with Crippen LogP contribution in [0.15, 0.2) is 30.3 Å². The van der Waals surface area contributed by atoms with Crippen LogP contribution in [-0.4, -0.2) is 39.6 Å². The predicted octanol–water partition coefficient (Wildman–Crippen LogP) is 2.84. The fourth-order valence-corrected chi connectivity index (χ4v) is 2.94. The Balaban J connectivity index is 1.96. The Morgan fingerprint density at radius 1 is 1.31 bits per heavy atom. The van der Waals surface area contributed by atoms with Gasteiger partial charge < -0.3 is 15.2 Å². The molecule has 26 heavy (non-hydrogen) atoms. The highest BCUT2D eigenvalue weighted by molar-refractivity contribution is 7.09. The normalized spacial score (nSPS) is 13.0. The summed E-state index contributed by atoms with van der Waals surface area (Å²) in [5.74, 6) is -0.396. The van der Waals surface area contributed by atoms with Gasteiger partial charge in [0.2, 0.25) is 5.13 Å². The van der Waals surface area contributed by atoms with Crippen LogP contribution < -0.4 is 10.6 Å². The van der Waals surface area contributed by atoms with E-state index in [0.29, 0.717) is 23.8 Å². The van der Waals surface area contributed by atoms with Crippen LogP contribution >= 0.6 is 11.5 Å². The third-order valence-electron chi connectivity index (χ3n) is 3.75. The van der Waals surface area contributed by atoms with E-state index in [0.717, 1.165) is 17.1 Å². The van der Waals surface area contributed by atoms with Gasteiger partial charge in [0.25, 0.3) is 0 Å². The van der Waals surface area contributed by atoms with E-state index in [1.807, 2.05) is 37.3 Å². The maximum atomic E-state index is 12.2. The minimum absolute atomic E-state index is 0.0217. The van der Waals surface area contributed by atoms with Gasteiger partial charge in [-0.25, -0.2) is 9.78 Å². The van der Waals surface area contributed by atoms with Crippen LogP contribution in [0.1, 0.15) is 37.3 Å². The number of carbonyl (C=O) groups excluding carboxylic acids is 1. The van der Waals surface area contributed by atoms with E-state index in [2.05, 4.69) is 20.0 Å². The van der Waals surface area contributed by atoms with Gasteiger partial charge in [-0.3, -0.25) is 10.1 Å². The fraction of sp³-hybridized carbons (Fsp3) is 0.412. The van der Waals surface area contributed by atoms with Crippen LogP contribution in [-0.2, 0) is 16.0 Å². The number of rotatable bonds is 9. The van der Waals surface area contributed by atoms with E-state index in [-0.39, 0.29) is 18.6 Å². The van der Waals surface area contributed by atoms with Gasteiger partial charge in [-0.2, -0.15) is 4.37 Å².